The number of nitrogens with one attached hydrogen (secondary N) is 2. The van der Waals surface area contributed by atoms with E-state index in [1.54, 1.807) is 37.3 Å². The van der Waals surface area contributed by atoms with Gasteiger partial charge in [-0.15, -0.1) is 5.11 Å². The smallest absolute Gasteiger partial charge is 0.296 e. The highest BCUT2D eigenvalue weighted by Crippen LogP contribution is 2.42. The quantitative estimate of drug-likeness (QED) is 0.0363. The van der Waals surface area contributed by atoms with Gasteiger partial charge in [-0.3, -0.25) is 23.2 Å². The van der Waals surface area contributed by atoms with Crippen LogP contribution in [0.2, 0.25) is 0 Å². The van der Waals surface area contributed by atoms with Gasteiger partial charge >= 0.3 is 0 Å². The van der Waals surface area contributed by atoms with Crippen molar-refractivity contribution in [2.75, 3.05) is 16.4 Å². The third-order valence-electron chi connectivity index (χ3n) is 9.33. The Balaban J connectivity index is 1.04. The Morgan fingerprint density at radius 1 is 0.540 bits per heavy atom. The number of aryl methyl sites for hydroxylation is 1. The summed E-state index contributed by atoms with van der Waals surface area (Å²) in [6.07, 6.45) is 0. The largest absolute Gasteiger partial charge is 0.505 e. The molecule has 0 atom stereocenters. The monoisotopic (exact) mass is 909 g/mol. The lowest BCUT2D eigenvalue weighted by atomic mass is 10.1. The van der Waals surface area contributed by atoms with Crippen LogP contribution in [0.5, 0.6) is 5.75 Å². The predicted molar refractivity (Wildman–Crippen MR) is 232 cm³/mol. The molecule has 0 bridgehead atoms. The van der Waals surface area contributed by atoms with Crippen LogP contribution < -0.4 is 16.4 Å². The Morgan fingerprint density at radius 3 is 1.71 bits per heavy atom. The molecule has 7 aromatic carbocycles. The molecule has 0 saturated heterocycles. The zero-order valence-corrected chi connectivity index (χ0v) is 34.6. The van der Waals surface area contributed by atoms with Gasteiger partial charge in [-0.05, 0) is 139 Å². The van der Waals surface area contributed by atoms with Gasteiger partial charge < -0.3 is 21.5 Å². The molecular weight excluding hydrogens is 879 g/mol. The fraction of sp³-hybridized carbons (Fsp3) is 0.0244. The van der Waals surface area contributed by atoms with Crippen LogP contribution in [0.25, 0.3) is 21.5 Å². The first kappa shape index (κ1) is 43.6. The number of phenols is 1. The number of carbonyl (C=O) groups excluding carboxylic acids is 2. The average molecular weight is 910 g/mol. The third-order valence-corrected chi connectivity index (χ3v) is 11.9. The molecule has 0 fully saturated rings. The van der Waals surface area contributed by atoms with E-state index in [-0.39, 0.29) is 44.2 Å². The summed E-state index contributed by atoms with van der Waals surface area (Å²) < 4.78 is 101. The number of carbonyl (C=O) groups is 2. The Kier molecular flexibility index (Phi) is 11.6. The topological polar surface area (TPSA) is 317 Å². The number of nitrogens with zero attached hydrogens (tertiary/aromatic N) is 4. The van der Waals surface area contributed by atoms with Crippen molar-refractivity contribution in [2.45, 2.75) is 21.6 Å². The molecule has 2 amide bonds. The number of fused-ring (bicyclic) bond motifs is 2. The minimum absolute atomic E-state index is 0.0707. The van der Waals surface area contributed by atoms with Crippen LogP contribution in [0.15, 0.2) is 156 Å². The van der Waals surface area contributed by atoms with Gasteiger partial charge in [0, 0.05) is 39.0 Å². The lowest BCUT2D eigenvalue weighted by molar-refractivity contribution is 0.101. The molecule has 19 nitrogen and oxygen atoms in total. The first-order chi connectivity index (χ1) is 29.6. The Labute approximate surface area is 357 Å². The molecule has 63 heavy (non-hydrogen) atoms. The number of benzene rings is 7. The minimum atomic E-state index is -4.95. The molecule has 8 N–H and O–H groups in total. The summed E-state index contributed by atoms with van der Waals surface area (Å²) >= 11 is 0. The lowest BCUT2D eigenvalue weighted by Gasteiger charge is -2.11. The van der Waals surface area contributed by atoms with Crippen LogP contribution in [0.3, 0.4) is 0 Å². The average Bonchev–Trinajstić information content (AvgIpc) is 3.21. The normalized spacial score (nSPS) is 12.3. The van der Waals surface area contributed by atoms with E-state index in [4.69, 9.17) is 5.73 Å². The van der Waals surface area contributed by atoms with Crippen molar-refractivity contribution in [3.05, 3.63) is 138 Å². The van der Waals surface area contributed by atoms with Crippen molar-refractivity contribution in [3.63, 3.8) is 0 Å². The SMILES string of the molecule is Cc1cc(NC(=O)c2ccc(N=Nc3c(S(=O)(=O)O)cc4cc(NC(=O)c5ccc(N)cc5)ccc4c3O)cc2)ccc1N=Nc1ccc2cc(S(=O)(=O)O)cc(S(=O)(=O)O)c2c1. The molecular formula is C41H31N7O12S3. The molecule has 0 saturated carbocycles. The molecule has 0 radical (unpaired) electrons. The van der Waals surface area contributed by atoms with Crippen molar-refractivity contribution in [1.29, 1.82) is 0 Å². The molecule has 0 spiro atoms. The first-order valence-electron chi connectivity index (χ1n) is 18.0. The molecule has 0 heterocycles. The number of nitrogens with two attached hydrogens (primary N) is 1. The van der Waals surface area contributed by atoms with E-state index < -0.39 is 68.3 Å². The van der Waals surface area contributed by atoms with Gasteiger partial charge in [-0.25, -0.2) is 0 Å². The molecule has 0 aromatic heterocycles. The molecule has 0 unspecified atom stereocenters. The maximum Gasteiger partial charge on any atom is 0.296 e. The third kappa shape index (κ3) is 9.86. The van der Waals surface area contributed by atoms with Crippen LogP contribution >= 0.6 is 0 Å². The van der Waals surface area contributed by atoms with E-state index >= 15 is 0 Å². The van der Waals surface area contributed by atoms with Crippen LogP contribution in [0, 0.1) is 6.92 Å². The predicted octanol–water partition coefficient (Wildman–Crippen LogP) is 8.66. The summed E-state index contributed by atoms with van der Waals surface area (Å²) in [5.41, 5.74) is 8.02. The molecule has 0 aliphatic carbocycles. The van der Waals surface area contributed by atoms with E-state index in [1.807, 2.05) is 0 Å². The summed E-state index contributed by atoms with van der Waals surface area (Å²) in [5, 5.41) is 33.0. The number of azo groups is 2. The second kappa shape index (κ2) is 16.8. The highest BCUT2D eigenvalue weighted by Gasteiger charge is 2.23. The number of anilines is 3. The molecule has 0 aliphatic heterocycles. The van der Waals surface area contributed by atoms with Crippen molar-refractivity contribution in [3.8, 4) is 5.75 Å². The highest BCUT2D eigenvalue weighted by atomic mass is 32.2. The van der Waals surface area contributed by atoms with Gasteiger partial charge in [-0.2, -0.15) is 40.6 Å². The number of hydrogen-bond acceptors (Lipinski definition) is 14. The Hall–Kier alpha value is -7.47. The van der Waals surface area contributed by atoms with Gasteiger partial charge in [0.05, 0.1) is 22.0 Å². The second-order valence-electron chi connectivity index (χ2n) is 13.7. The fourth-order valence-electron chi connectivity index (χ4n) is 6.22. The Morgan fingerprint density at radius 2 is 1.11 bits per heavy atom. The van der Waals surface area contributed by atoms with Gasteiger partial charge in [-0.1, -0.05) is 6.07 Å². The van der Waals surface area contributed by atoms with Crippen LogP contribution in [-0.2, 0) is 30.4 Å². The van der Waals surface area contributed by atoms with Crippen molar-refractivity contribution >= 4 is 104 Å². The van der Waals surface area contributed by atoms with Gasteiger partial charge in [0.2, 0.25) is 0 Å². The van der Waals surface area contributed by atoms with Crippen molar-refractivity contribution in [2.24, 2.45) is 20.5 Å². The summed E-state index contributed by atoms with van der Waals surface area (Å²) in [5.74, 6) is -1.59. The van der Waals surface area contributed by atoms with Crippen LogP contribution in [0.4, 0.5) is 39.8 Å². The molecule has 0 aliphatic rings. The van der Waals surface area contributed by atoms with Crippen LogP contribution in [-0.4, -0.2) is 55.8 Å². The molecule has 22 heteroatoms. The zero-order valence-electron chi connectivity index (χ0n) is 32.2. The molecule has 7 aromatic rings. The zero-order chi connectivity index (χ0) is 45.4. The number of phenolic OH excluding ortho intramolecular Hbond substituents is 1. The number of amides is 2. The minimum Gasteiger partial charge on any atom is -0.505 e. The fourth-order valence-corrected chi connectivity index (χ4v) is 8.22. The van der Waals surface area contributed by atoms with Gasteiger partial charge in [0.15, 0.2) is 5.75 Å². The summed E-state index contributed by atoms with van der Waals surface area (Å²) in [4.78, 5) is 23.6. The van der Waals surface area contributed by atoms with E-state index in [0.717, 1.165) is 12.1 Å². The number of hydrogen-bond donors (Lipinski definition) is 7. The lowest BCUT2D eigenvalue weighted by Crippen LogP contribution is -2.11. The van der Waals surface area contributed by atoms with Gasteiger partial charge in [0.1, 0.15) is 15.5 Å². The molecule has 7 rings (SSSR count). The number of aromatic hydroxyl groups is 1. The van der Waals surface area contributed by atoms with Crippen LogP contribution in [0.1, 0.15) is 26.3 Å². The first-order valence-corrected chi connectivity index (χ1v) is 22.3. The number of nitrogen functional groups attached to an aromatic ring is 1. The van der Waals surface area contributed by atoms with E-state index in [0.29, 0.717) is 34.3 Å². The van der Waals surface area contributed by atoms with E-state index in [1.165, 1.54) is 72.8 Å². The van der Waals surface area contributed by atoms with E-state index in [2.05, 4.69) is 31.1 Å². The maximum absolute atomic E-state index is 13.1. The summed E-state index contributed by atoms with van der Waals surface area (Å²) in [6.45, 7) is 1.69. The Bertz CT molecular complexity index is 3440. The highest BCUT2D eigenvalue weighted by molar-refractivity contribution is 7.87. The summed E-state index contributed by atoms with van der Waals surface area (Å²) in [7, 11) is -14.6. The van der Waals surface area contributed by atoms with Crippen molar-refractivity contribution in [1.82, 2.24) is 0 Å². The standard InChI is InChI=1S/C41H31N7O12S3/c1-22-16-29(13-15-35(22)47-46-31-11-6-25-18-32(61(52,53)54)21-36(34(25)20-31)62(55,56)57)43-41(51)24-4-9-28(10-5-24)45-48-38-37(63(58,59)60)19-26-17-30(12-14-33(26)39(38)49)44-40(50)23-2-7-27(42)8-3-23/h2-21,49H,42H2,1H3,(H,43,51)(H,44,50)(H,52,53,54)(H,55,56,57)(H,58,59,60). The van der Waals surface area contributed by atoms with Gasteiger partial charge in [0.25, 0.3) is 42.2 Å². The number of rotatable bonds is 11. The maximum atomic E-state index is 13.1. The van der Waals surface area contributed by atoms with Crippen molar-refractivity contribution < 1.29 is 53.6 Å². The second-order valence-corrected chi connectivity index (χ2v) is 17.9. The summed E-state index contributed by atoms with van der Waals surface area (Å²) in [6, 6.07) is 27.6. The molecule has 320 valence electrons. The van der Waals surface area contributed by atoms with E-state index in [9.17, 15) is 53.6 Å².